The van der Waals surface area contributed by atoms with Gasteiger partial charge in [-0.25, -0.2) is 0 Å². The Hall–Kier alpha value is -3.02. The molecule has 6 nitrogen and oxygen atoms in total. The number of nitrogens with one attached hydrogen (secondary N) is 1. The number of ether oxygens (including phenoxy) is 2. The van der Waals surface area contributed by atoms with Crippen molar-refractivity contribution in [1.29, 1.82) is 0 Å². The van der Waals surface area contributed by atoms with E-state index in [2.05, 4.69) is 5.32 Å². The number of para-hydroxylation sites is 1. The van der Waals surface area contributed by atoms with Gasteiger partial charge >= 0.3 is 0 Å². The van der Waals surface area contributed by atoms with Crippen LogP contribution in [0.4, 0.5) is 5.69 Å². The van der Waals surface area contributed by atoms with Crippen molar-refractivity contribution >= 4 is 17.5 Å². The van der Waals surface area contributed by atoms with Crippen LogP contribution in [0.5, 0.6) is 11.5 Å². The third-order valence-electron chi connectivity index (χ3n) is 3.57. The number of anilines is 1. The number of carbonyl (C=O) groups excluding carboxylic acids is 2. The van der Waals surface area contributed by atoms with E-state index >= 15 is 0 Å². The molecule has 26 heavy (non-hydrogen) atoms. The standard InChI is InChI=1S/C20H24N2O4/c1-3-11-25-17-10-9-14(13-18(17)26-12-4-2)20(24)22-16-8-6-5-7-15(16)19(21)23/h5-10,13H,3-4,11-12H2,1-2H3,(H2,21,23)(H,22,24). The molecule has 2 amide bonds. The molecule has 0 aromatic heterocycles. The summed E-state index contributed by atoms with van der Waals surface area (Å²) in [5, 5.41) is 2.72. The highest BCUT2D eigenvalue weighted by Crippen LogP contribution is 2.29. The third-order valence-corrected chi connectivity index (χ3v) is 3.57. The number of nitrogens with two attached hydrogens (primary N) is 1. The van der Waals surface area contributed by atoms with E-state index in [9.17, 15) is 9.59 Å². The van der Waals surface area contributed by atoms with Crippen LogP contribution in [0.1, 0.15) is 47.4 Å². The van der Waals surface area contributed by atoms with Crippen LogP contribution in [0.2, 0.25) is 0 Å². The van der Waals surface area contributed by atoms with E-state index in [1.54, 1.807) is 42.5 Å². The van der Waals surface area contributed by atoms with Crippen LogP contribution in [0.3, 0.4) is 0 Å². The van der Waals surface area contributed by atoms with Gasteiger partial charge in [-0.15, -0.1) is 0 Å². The molecule has 0 fully saturated rings. The Morgan fingerprint density at radius 2 is 1.62 bits per heavy atom. The van der Waals surface area contributed by atoms with Crippen molar-refractivity contribution in [2.75, 3.05) is 18.5 Å². The van der Waals surface area contributed by atoms with Crippen molar-refractivity contribution < 1.29 is 19.1 Å². The zero-order chi connectivity index (χ0) is 18.9. The van der Waals surface area contributed by atoms with Crippen LogP contribution < -0.4 is 20.5 Å². The first kappa shape index (κ1) is 19.3. The lowest BCUT2D eigenvalue weighted by molar-refractivity contribution is 0.100. The summed E-state index contributed by atoms with van der Waals surface area (Å²) < 4.78 is 11.4. The summed E-state index contributed by atoms with van der Waals surface area (Å²) in [5.41, 5.74) is 6.37. The fraction of sp³-hybridized carbons (Fsp3) is 0.300. The maximum atomic E-state index is 12.6. The number of carbonyl (C=O) groups is 2. The molecule has 138 valence electrons. The summed E-state index contributed by atoms with van der Waals surface area (Å²) in [7, 11) is 0. The molecule has 0 radical (unpaired) electrons. The van der Waals surface area contributed by atoms with E-state index < -0.39 is 5.91 Å². The number of rotatable bonds is 9. The first-order chi connectivity index (χ1) is 12.6. The summed E-state index contributed by atoms with van der Waals surface area (Å²) in [5.74, 6) is 0.170. The molecule has 2 aromatic carbocycles. The van der Waals surface area contributed by atoms with Crippen molar-refractivity contribution in [1.82, 2.24) is 0 Å². The van der Waals surface area contributed by atoms with Gasteiger partial charge in [0.05, 0.1) is 24.5 Å². The van der Waals surface area contributed by atoms with Gasteiger partial charge in [-0.1, -0.05) is 26.0 Å². The fourth-order valence-electron chi connectivity index (χ4n) is 2.31. The smallest absolute Gasteiger partial charge is 0.255 e. The molecule has 6 heteroatoms. The molecule has 2 rings (SSSR count). The van der Waals surface area contributed by atoms with Gasteiger partial charge in [0.25, 0.3) is 11.8 Å². The lowest BCUT2D eigenvalue weighted by Gasteiger charge is -2.14. The first-order valence-electron chi connectivity index (χ1n) is 8.66. The van der Waals surface area contributed by atoms with E-state index in [0.29, 0.717) is 36.0 Å². The minimum Gasteiger partial charge on any atom is -0.490 e. The minimum absolute atomic E-state index is 0.256. The summed E-state index contributed by atoms with van der Waals surface area (Å²) in [6, 6.07) is 11.6. The second-order valence-corrected chi connectivity index (χ2v) is 5.72. The number of hydrogen-bond donors (Lipinski definition) is 2. The first-order valence-corrected chi connectivity index (χ1v) is 8.66. The Morgan fingerprint density at radius 1 is 0.962 bits per heavy atom. The molecule has 0 aliphatic rings. The average molecular weight is 356 g/mol. The topological polar surface area (TPSA) is 90.6 Å². The van der Waals surface area contributed by atoms with Gasteiger partial charge in [-0.05, 0) is 43.2 Å². The predicted octanol–water partition coefficient (Wildman–Crippen LogP) is 3.62. The van der Waals surface area contributed by atoms with Gasteiger partial charge in [-0.2, -0.15) is 0 Å². The van der Waals surface area contributed by atoms with Crippen LogP contribution in [-0.2, 0) is 0 Å². The average Bonchev–Trinajstić information content (AvgIpc) is 2.65. The van der Waals surface area contributed by atoms with E-state index in [1.807, 2.05) is 13.8 Å². The van der Waals surface area contributed by atoms with Crippen LogP contribution in [0, 0.1) is 0 Å². The Labute approximate surface area is 153 Å². The van der Waals surface area contributed by atoms with Crippen LogP contribution in [0.15, 0.2) is 42.5 Å². The van der Waals surface area contributed by atoms with Crippen molar-refractivity contribution in [3.8, 4) is 11.5 Å². The summed E-state index contributed by atoms with van der Waals surface area (Å²) in [6.07, 6.45) is 1.72. The third kappa shape index (κ3) is 4.99. The molecule has 2 aromatic rings. The molecule has 0 bridgehead atoms. The number of benzene rings is 2. The molecule has 3 N–H and O–H groups in total. The predicted molar refractivity (Wildman–Crippen MR) is 101 cm³/mol. The van der Waals surface area contributed by atoms with Gasteiger partial charge in [0, 0.05) is 5.56 Å². The van der Waals surface area contributed by atoms with Gasteiger partial charge in [0.2, 0.25) is 0 Å². The molecular weight excluding hydrogens is 332 g/mol. The second-order valence-electron chi connectivity index (χ2n) is 5.72. The summed E-state index contributed by atoms with van der Waals surface area (Å²) >= 11 is 0. The number of amides is 2. The van der Waals surface area contributed by atoms with E-state index in [1.165, 1.54) is 0 Å². The number of hydrogen-bond acceptors (Lipinski definition) is 4. The zero-order valence-corrected chi connectivity index (χ0v) is 15.1. The van der Waals surface area contributed by atoms with Gasteiger partial charge in [-0.3, -0.25) is 9.59 Å². The molecule has 0 saturated carbocycles. The van der Waals surface area contributed by atoms with Crippen molar-refractivity contribution in [3.63, 3.8) is 0 Å². The Balaban J connectivity index is 2.24. The Kier molecular flexibility index (Phi) is 7.02. The highest BCUT2D eigenvalue weighted by Gasteiger charge is 2.14. The van der Waals surface area contributed by atoms with E-state index in [-0.39, 0.29) is 11.5 Å². The highest BCUT2D eigenvalue weighted by atomic mass is 16.5. The quantitative estimate of drug-likeness (QED) is 0.718. The van der Waals surface area contributed by atoms with Gasteiger partial charge in [0.1, 0.15) is 0 Å². The molecule has 0 atom stereocenters. The zero-order valence-electron chi connectivity index (χ0n) is 15.1. The lowest BCUT2D eigenvalue weighted by Crippen LogP contribution is -2.18. The minimum atomic E-state index is -0.601. The molecule has 0 spiro atoms. The lowest BCUT2D eigenvalue weighted by atomic mass is 10.1. The normalized spacial score (nSPS) is 10.2. The van der Waals surface area contributed by atoms with Gasteiger partial charge < -0.3 is 20.5 Å². The van der Waals surface area contributed by atoms with E-state index in [4.69, 9.17) is 15.2 Å². The molecular formula is C20H24N2O4. The van der Waals surface area contributed by atoms with Crippen LogP contribution in [0.25, 0.3) is 0 Å². The molecule has 0 heterocycles. The number of primary amides is 1. The fourth-order valence-corrected chi connectivity index (χ4v) is 2.31. The maximum absolute atomic E-state index is 12.6. The van der Waals surface area contributed by atoms with Crippen molar-refractivity contribution in [3.05, 3.63) is 53.6 Å². The summed E-state index contributed by atoms with van der Waals surface area (Å²) in [4.78, 5) is 24.1. The van der Waals surface area contributed by atoms with Crippen molar-refractivity contribution in [2.45, 2.75) is 26.7 Å². The Bertz CT molecular complexity index is 774. The van der Waals surface area contributed by atoms with E-state index in [0.717, 1.165) is 12.8 Å². The highest BCUT2D eigenvalue weighted by molar-refractivity contribution is 6.08. The summed E-state index contributed by atoms with van der Waals surface area (Å²) in [6.45, 7) is 5.12. The Morgan fingerprint density at radius 3 is 2.27 bits per heavy atom. The molecule has 0 aliphatic heterocycles. The van der Waals surface area contributed by atoms with Crippen LogP contribution >= 0.6 is 0 Å². The van der Waals surface area contributed by atoms with Crippen LogP contribution in [-0.4, -0.2) is 25.0 Å². The molecule has 0 aliphatic carbocycles. The van der Waals surface area contributed by atoms with Crippen molar-refractivity contribution in [2.24, 2.45) is 5.73 Å². The molecule has 0 saturated heterocycles. The molecule has 0 unspecified atom stereocenters. The second kappa shape index (κ2) is 9.46. The SMILES string of the molecule is CCCOc1ccc(C(=O)Nc2ccccc2C(N)=O)cc1OCCC. The monoisotopic (exact) mass is 356 g/mol. The maximum Gasteiger partial charge on any atom is 0.255 e. The van der Waals surface area contributed by atoms with Gasteiger partial charge in [0.15, 0.2) is 11.5 Å². The largest absolute Gasteiger partial charge is 0.490 e.